The van der Waals surface area contributed by atoms with Crippen LogP contribution < -0.4 is 10.6 Å². The van der Waals surface area contributed by atoms with Crippen molar-refractivity contribution in [2.75, 3.05) is 26.7 Å². The molecule has 0 aromatic carbocycles. The van der Waals surface area contributed by atoms with Crippen molar-refractivity contribution in [3.8, 4) is 0 Å². The number of guanidine groups is 1. The van der Waals surface area contributed by atoms with E-state index in [2.05, 4.69) is 50.8 Å². The van der Waals surface area contributed by atoms with Crippen molar-refractivity contribution in [2.45, 2.75) is 52.7 Å². The Morgan fingerprint density at radius 1 is 1.42 bits per heavy atom. The molecule has 0 spiro atoms. The molecule has 0 aliphatic carbocycles. The lowest BCUT2D eigenvalue weighted by Crippen LogP contribution is -2.44. The Balaban J connectivity index is 0.00000288. The summed E-state index contributed by atoms with van der Waals surface area (Å²) in [5, 5.41) is 6.84. The van der Waals surface area contributed by atoms with E-state index in [4.69, 9.17) is 0 Å². The molecule has 2 N–H and O–H groups in total. The van der Waals surface area contributed by atoms with Crippen LogP contribution in [0.2, 0.25) is 0 Å². The number of aromatic nitrogens is 2. The van der Waals surface area contributed by atoms with E-state index in [1.807, 2.05) is 19.4 Å². The number of likely N-dealkylation sites (tertiary alicyclic amines) is 1. The van der Waals surface area contributed by atoms with Gasteiger partial charge in [0.1, 0.15) is 5.82 Å². The number of imidazole rings is 1. The molecule has 7 heteroatoms. The van der Waals surface area contributed by atoms with Gasteiger partial charge in [-0.1, -0.05) is 20.8 Å². The SMILES string of the molecule is CCN1CCCC1CNC(=NC)NCc1nccn1CC(C)C.I. The van der Waals surface area contributed by atoms with E-state index in [1.165, 1.54) is 19.4 Å². The number of halogens is 1. The van der Waals surface area contributed by atoms with Gasteiger partial charge in [-0.25, -0.2) is 4.98 Å². The smallest absolute Gasteiger partial charge is 0.191 e. The number of nitrogens with zero attached hydrogens (tertiary/aromatic N) is 4. The predicted octanol–water partition coefficient (Wildman–Crippen LogP) is 2.31. The molecule has 1 aliphatic rings. The third-order valence-corrected chi connectivity index (χ3v) is 4.41. The molecule has 6 nitrogen and oxygen atoms in total. The molecular weight excluding hydrogens is 415 g/mol. The minimum absolute atomic E-state index is 0. The number of aliphatic imine (C=N–C) groups is 1. The molecule has 2 heterocycles. The second kappa shape index (κ2) is 10.9. The van der Waals surface area contributed by atoms with E-state index in [0.29, 0.717) is 18.5 Å². The van der Waals surface area contributed by atoms with E-state index in [0.717, 1.165) is 31.4 Å². The first-order valence-electron chi connectivity index (χ1n) is 8.82. The monoisotopic (exact) mass is 448 g/mol. The summed E-state index contributed by atoms with van der Waals surface area (Å²) in [5.41, 5.74) is 0. The first-order valence-corrected chi connectivity index (χ1v) is 8.82. The number of nitrogens with one attached hydrogen (secondary N) is 2. The zero-order chi connectivity index (χ0) is 16.7. The fraction of sp³-hybridized carbons (Fsp3) is 0.765. The summed E-state index contributed by atoms with van der Waals surface area (Å²) in [5.74, 6) is 2.52. The van der Waals surface area contributed by atoms with Crippen LogP contribution >= 0.6 is 24.0 Å². The zero-order valence-corrected chi connectivity index (χ0v) is 17.8. The Hall–Kier alpha value is -0.830. The molecule has 1 atom stereocenters. The molecule has 1 unspecified atom stereocenters. The lowest BCUT2D eigenvalue weighted by Gasteiger charge is -2.24. The van der Waals surface area contributed by atoms with Gasteiger partial charge in [-0.3, -0.25) is 9.89 Å². The van der Waals surface area contributed by atoms with E-state index >= 15 is 0 Å². The fourth-order valence-corrected chi connectivity index (χ4v) is 3.21. The van der Waals surface area contributed by atoms with Crippen molar-refractivity contribution in [1.29, 1.82) is 0 Å². The van der Waals surface area contributed by atoms with E-state index in [-0.39, 0.29) is 24.0 Å². The van der Waals surface area contributed by atoms with Crippen molar-refractivity contribution in [2.24, 2.45) is 10.9 Å². The van der Waals surface area contributed by atoms with Gasteiger partial charge in [0, 0.05) is 38.6 Å². The highest BCUT2D eigenvalue weighted by Gasteiger charge is 2.22. The van der Waals surface area contributed by atoms with Crippen molar-refractivity contribution in [3.05, 3.63) is 18.2 Å². The summed E-state index contributed by atoms with van der Waals surface area (Å²) in [6, 6.07) is 0.626. The van der Waals surface area contributed by atoms with Crippen LogP contribution in [0.1, 0.15) is 39.4 Å². The van der Waals surface area contributed by atoms with Crippen molar-refractivity contribution >= 4 is 29.9 Å². The highest BCUT2D eigenvalue weighted by Crippen LogP contribution is 2.15. The largest absolute Gasteiger partial charge is 0.355 e. The molecule has 0 saturated carbocycles. The van der Waals surface area contributed by atoms with Crippen LogP contribution in [0.5, 0.6) is 0 Å². The maximum absolute atomic E-state index is 4.45. The third kappa shape index (κ3) is 6.23. The second-order valence-electron chi connectivity index (χ2n) is 6.62. The molecule has 1 aliphatic heterocycles. The average Bonchev–Trinajstić information content (AvgIpc) is 3.16. The average molecular weight is 448 g/mol. The molecular formula is C17H33IN6. The van der Waals surface area contributed by atoms with Crippen LogP contribution in [0.3, 0.4) is 0 Å². The topological polar surface area (TPSA) is 57.5 Å². The molecule has 138 valence electrons. The number of rotatable bonds is 7. The van der Waals surface area contributed by atoms with Gasteiger partial charge in [-0.15, -0.1) is 24.0 Å². The summed E-state index contributed by atoms with van der Waals surface area (Å²) in [7, 11) is 1.82. The van der Waals surface area contributed by atoms with E-state index < -0.39 is 0 Å². The molecule has 1 saturated heterocycles. The molecule has 1 fully saturated rings. The van der Waals surface area contributed by atoms with Gasteiger partial charge < -0.3 is 15.2 Å². The number of hydrogen-bond acceptors (Lipinski definition) is 3. The lowest BCUT2D eigenvalue weighted by atomic mass is 10.2. The van der Waals surface area contributed by atoms with Gasteiger partial charge in [0.2, 0.25) is 0 Å². The predicted molar refractivity (Wildman–Crippen MR) is 111 cm³/mol. The van der Waals surface area contributed by atoms with E-state index in [1.54, 1.807) is 0 Å². The zero-order valence-electron chi connectivity index (χ0n) is 15.5. The van der Waals surface area contributed by atoms with Crippen LogP contribution in [0.4, 0.5) is 0 Å². The second-order valence-corrected chi connectivity index (χ2v) is 6.62. The van der Waals surface area contributed by atoms with Gasteiger partial charge in [-0.05, 0) is 31.8 Å². The van der Waals surface area contributed by atoms with Crippen molar-refractivity contribution in [1.82, 2.24) is 25.1 Å². The van der Waals surface area contributed by atoms with Gasteiger partial charge >= 0.3 is 0 Å². The molecule has 2 rings (SSSR count). The Kier molecular flexibility index (Phi) is 9.65. The first kappa shape index (κ1) is 21.2. The Labute approximate surface area is 163 Å². The van der Waals surface area contributed by atoms with Crippen LogP contribution in [0.25, 0.3) is 0 Å². The van der Waals surface area contributed by atoms with Gasteiger partial charge in [0.25, 0.3) is 0 Å². The summed E-state index contributed by atoms with van der Waals surface area (Å²) in [4.78, 5) is 11.3. The standard InChI is InChI=1S/C17H32N6.HI/c1-5-22-9-6-7-15(22)11-20-17(18-4)21-12-16-19-8-10-23(16)13-14(2)3;/h8,10,14-15H,5-7,9,11-13H2,1-4H3,(H2,18,20,21);1H. The highest BCUT2D eigenvalue weighted by molar-refractivity contribution is 14.0. The van der Waals surface area contributed by atoms with E-state index in [9.17, 15) is 0 Å². The maximum atomic E-state index is 4.45. The number of hydrogen-bond donors (Lipinski definition) is 2. The van der Waals surface area contributed by atoms with Crippen molar-refractivity contribution < 1.29 is 0 Å². The summed E-state index contributed by atoms with van der Waals surface area (Å²) < 4.78 is 2.21. The number of likely N-dealkylation sites (N-methyl/N-ethyl adjacent to an activating group) is 1. The Bertz CT molecular complexity index is 499. The molecule has 0 amide bonds. The first-order chi connectivity index (χ1) is 11.1. The summed E-state index contributed by atoms with van der Waals surface area (Å²) in [6.07, 6.45) is 6.49. The minimum Gasteiger partial charge on any atom is -0.355 e. The van der Waals surface area contributed by atoms with Crippen molar-refractivity contribution in [3.63, 3.8) is 0 Å². The van der Waals surface area contributed by atoms with Gasteiger partial charge in [0.05, 0.1) is 6.54 Å². The fourth-order valence-electron chi connectivity index (χ4n) is 3.21. The molecule has 0 radical (unpaired) electrons. The molecule has 24 heavy (non-hydrogen) atoms. The molecule has 0 bridgehead atoms. The van der Waals surface area contributed by atoms with Gasteiger partial charge in [-0.2, -0.15) is 0 Å². The normalized spacial score (nSPS) is 18.7. The lowest BCUT2D eigenvalue weighted by molar-refractivity contribution is 0.267. The molecule has 1 aromatic rings. The third-order valence-electron chi connectivity index (χ3n) is 4.41. The Morgan fingerprint density at radius 3 is 2.88 bits per heavy atom. The highest BCUT2D eigenvalue weighted by atomic mass is 127. The summed E-state index contributed by atoms with van der Waals surface area (Å²) in [6.45, 7) is 11.7. The minimum atomic E-state index is 0. The maximum Gasteiger partial charge on any atom is 0.191 e. The van der Waals surface area contributed by atoms with Crippen LogP contribution in [-0.4, -0.2) is 53.1 Å². The van der Waals surface area contributed by atoms with Crippen LogP contribution in [-0.2, 0) is 13.1 Å². The Morgan fingerprint density at radius 2 is 2.21 bits per heavy atom. The van der Waals surface area contributed by atoms with Crippen LogP contribution in [0.15, 0.2) is 17.4 Å². The summed E-state index contributed by atoms with van der Waals surface area (Å²) >= 11 is 0. The molecule has 1 aromatic heterocycles. The quantitative estimate of drug-likeness (QED) is 0.382. The van der Waals surface area contributed by atoms with Crippen LogP contribution in [0, 0.1) is 5.92 Å². The van der Waals surface area contributed by atoms with Gasteiger partial charge in [0.15, 0.2) is 5.96 Å².